The second-order valence-electron chi connectivity index (χ2n) is 11.1. The van der Waals surface area contributed by atoms with Gasteiger partial charge in [-0.05, 0) is 63.7 Å². The summed E-state index contributed by atoms with van der Waals surface area (Å²) in [6.45, 7) is 5.90. The molecule has 0 aromatic carbocycles. The largest absolute Gasteiger partial charge is 0.378 e. The van der Waals surface area contributed by atoms with Gasteiger partial charge < -0.3 is 9.47 Å². The van der Waals surface area contributed by atoms with E-state index >= 15 is 0 Å². The molecule has 2 saturated carbocycles. The molecular formula is C31H58O2. The Morgan fingerprint density at radius 2 is 1.15 bits per heavy atom. The van der Waals surface area contributed by atoms with Crippen LogP contribution in [0.2, 0.25) is 0 Å². The third-order valence-corrected chi connectivity index (χ3v) is 7.98. The van der Waals surface area contributed by atoms with Crippen molar-refractivity contribution in [2.24, 2.45) is 5.92 Å². The normalized spacial score (nSPS) is 22.8. The van der Waals surface area contributed by atoms with Gasteiger partial charge in [-0.2, -0.15) is 0 Å². The molecule has 2 rings (SSSR count). The zero-order valence-electron chi connectivity index (χ0n) is 22.2. The first-order chi connectivity index (χ1) is 16.4. The fourth-order valence-electron chi connectivity index (χ4n) is 5.67. The van der Waals surface area contributed by atoms with E-state index in [1.165, 1.54) is 148 Å². The Balaban J connectivity index is 1.34. The van der Waals surface area contributed by atoms with Crippen LogP contribution in [-0.4, -0.2) is 25.4 Å². The summed E-state index contributed by atoms with van der Waals surface area (Å²) in [5.41, 5.74) is 0. The van der Waals surface area contributed by atoms with Crippen LogP contribution in [0.3, 0.4) is 0 Å². The molecule has 2 radical (unpaired) electrons. The van der Waals surface area contributed by atoms with Gasteiger partial charge in [-0.1, -0.05) is 110 Å². The fraction of sp³-hybridized carbons (Fsp3) is 0.935. The Labute approximate surface area is 208 Å². The Bertz CT molecular complexity index is 402. The molecule has 194 valence electrons. The first-order valence-corrected chi connectivity index (χ1v) is 15.2. The van der Waals surface area contributed by atoms with Crippen molar-refractivity contribution in [3.8, 4) is 0 Å². The first kappa shape index (κ1) is 29.2. The van der Waals surface area contributed by atoms with Crippen molar-refractivity contribution in [1.82, 2.24) is 0 Å². The van der Waals surface area contributed by atoms with Crippen LogP contribution in [0.4, 0.5) is 0 Å². The van der Waals surface area contributed by atoms with Crippen LogP contribution >= 0.6 is 0 Å². The summed E-state index contributed by atoms with van der Waals surface area (Å²) in [5.74, 6) is 0.768. The Morgan fingerprint density at radius 3 is 1.85 bits per heavy atom. The third kappa shape index (κ3) is 16.3. The minimum absolute atomic E-state index is 0.515. The lowest BCUT2D eigenvalue weighted by atomic mass is 10.0. The van der Waals surface area contributed by atoms with Gasteiger partial charge in [0, 0.05) is 13.2 Å². The average Bonchev–Trinajstić information content (AvgIpc) is 3.23. The van der Waals surface area contributed by atoms with Crippen LogP contribution in [-0.2, 0) is 9.47 Å². The second kappa shape index (κ2) is 21.2. The van der Waals surface area contributed by atoms with E-state index < -0.39 is 0 Å². The molecule has 2 heteroatoms. The Hall–Kier alpha value is -0.0800. The zero-order chi connectivity index (χ0) is 23.2. The van der Waals surface area contributed by atoms with Crippen molar-refractivity contribution in [1.29, 1.82) is 0 Å². The van der Waals surface area contributed by atoms with Crippen LogP contribution in [0.15, 0.2) is 0 Å². The van der Waals surface area contributed by atoms with E-state index in [9.17, 15) is 0 Å². The molecule has 0 aromatic rings. The number of hydrogen-bond acceptors (Lipinski definition) is 2. The SMILES string of the molecule is [CH2]CCCCCCCCCCCCCCCOC1CCCC(COC2CC[CH]CCC2)CC1. The smallest absolute Gasteiger partial charge is 0.0575 e. The summed E-state index contributed by atoms with van der Waals surface area (Å²) in [5, 5.41) is 0. The van der Waals surface area contributed by atoms with Crippen molar-refractivity contribution in [3.63, 3.8) is 0 Å². The van der Waals surface area contributed by atoms with Crippen LogP contribution in [0.25, 0.3) is 0 Å². The van der Waals surface area contributed by atoms with Gasteiger partial charge in [0.25, 0.3) is 0 Å². The lowest BCUT2D eigenvalue weighted by Gasteiger charge is -2.20. The Kier molecular flexibility index (Phi) is 18.7. The summed E-state index contributed by atoms with van der Waals surface area (Å²) >= 11 is 0. The standard InChI is InChI=1S/C31H58O2/c1-2-3-4-5-6-7-8-9-10-11-12-13-16-19-27-32-31-24-20-21-29(25-26-31)28-33-30-22-17-14-15-18-23-30/h14,29-31H,1-13,15-28H2. The molecule has 0 aliphatic heterocycles. The van der Waals surface area contributed by atoms with Crippen molar-refractivity contribution in [2.75, 3.05) is 13.2 Å². The predicted octanol–water partition coefficient (Wildman–Crippen LogP) is 9.80. The number of hydrogen-bond donors (Lipinski definition) is 0. The third-order valence-electron chi connectivity index (χ3n) is 7.98. The number of ether oxygens (including phenoxy) is 2. The monoisotopic (exact) mass is 462 g/mol. The van der Waals surface area contributed by atoms with Gasteiger partial charge in [-0.3, -0.25) is 0 Å². The molecule has 0 aromatic heterocycles. The molecule has 3 atom stereocenters. The van der Waals surface area contributed by atoms with Gasteiger partial charge in [-0.15, -0.1) is 0 Å². The van der Waals surface area contributed by atoms with E-state index in [4.69, 9.17) is 9.47 Å². The molecule has 2 aliphatic rings. The molecule has 2 fully saturated rings. The molecule has 0 N–H and O–H groups in total. The molecule has 2 nitrogen and oxygen atoms in total. The van der Waals surface area contributed by atoms with Crippen LogP contribution < -0.4 is 0 Å². The maximum Gasteiger partial charge on any atom is 0.0575 e. The summed E-state index contributed by atoms with van der Waals surface area (Å²) in [4.78, 5) is 0. The zero-order valence-corrected chi connectivity index (χ0v) is 22.2. The first-order valence-electron chi connectivity index (χ1n) is 15.2. The quantitative estimate of drug-likeness (QED) is 0.140. The maximum atomic E-state index is 6.32. The lowest BCUT2D eigenvalue weighted by Crippen LogP contribution is -2.18. The highest BCUT2D eigenvalue weighted by atomic mass is 16.5. The average molecular weight is 463 g/mol. The van der Waals surface area contributed by atoms with Crippen LogP contribution in [0.1, 0.15) is 154 Å². The van der Waals surface area contributed by atoms with Gasteiger partial charge in [0.15, 0.2) is 0 Å². The van der Waals surface area contributed by atoms with E-state index in [1.54, 1.807) is 0 Å². The van der Waals surface area contributed by atoms with E-state index in [1.807, 2.05) is 0 Å². The molecule has 0 bridgehead atoms. The maximum absolute atomic E-state index is 6.32. The second-order valence-corrected chi connectivity index (χ2v) is 11.1. The molecule has 0 amide bonds. The summed E-state index contributed by atoms with van der Waals surface area (Å²) in [6.07, 6.45) is 35.7. The van der Waals surface area contributed by atoms with Gasteiger partial charge in [0.1, 0.15) is 0 Å². The highest BCUT2D eigenvalue weighted by Gasteiger charge is 2.21. The van der Waals surface area contributed by atoms with Crippen molar-refractivity contribution in [2.45, 2.75) is 166 Å². The van der Waals surface area contributed by atoms with E-state index in [0.29, 0.717) is 12.2 Å². The summed E-state index contributed by atoms with van der Waals surface area (Å²) < 4.78 is 12.6. The molecular weight excluding hydrogens is 404 g/mol. The van der Waals surface area contributed by atoms with E-state index in [2.05, 4.69) is 13.3 Å². The van der Waals surface area contributed by atoms with Gasteiger partial charge in [0.2, 0.25) is 0 Å². The van der Waals surface area contributed by atoms with Crippen molar-refractivity contribution < 1.29 is 9.47 Å². The predicted molar refractivity (Wildman–Crippen MR) is 143 cm³/mol. The minimum Gasteiger partial charge on any atom is -0.378 e. The van der Waals surface area contributed by atoms with E-state index in [-0.39, 0.29) is 0 Å². The van der Waals surface area contributed by atoms with Gasteiger partial charge >= 0.3 is 0 Å². The fourth-order valence-corrected chi connectivity index (χ4v) is 5.67. The summed E-state index contributed by atoms with van der Waals surface area (Å²) in [6, 6.07) is 0. The molecule has 0 spiro atoms. The number of rotatable bonds is 19. The molecule has 0 heterocycles. The van der Waals surface area contributed by atoms with Gasteiger partial charge in [-0.25, -0.2) is 0 Å². The number of unbranched alkanes of at least 4 members (excludes halogenated alkanes) is 13. The topological polar surface area (TPSA) is 18.5 Å². The van der Waals surface area contributed by atoms with Crippen molar-refractivity contribution in [3.05, 3.63) is 13.3 Å². The van der Waals surface area contributed by atoms with Crippen LogP contribution in [0.5, 0.6) is 0 Å². The van der Waals surface area contributed by atoms with Crippen molar-refractivity contribution >= 4 is 0 Å². The lowest BCUT2D eigenvalue weighted by molar-refractivity contribution is 0.0141. The molecule has 2 aliphatic carbocycles. The van der Waals surface area contributed by atoms with E-state index in [0.717, 1.165) is 25.6 Å². The molecule has 0 saturated heterocycles. The molecule has 33 heavy (non-hydrogen) atoms. The highest BCUT2D eigenvalue weighted by Crippen LogP contribution is 2.27. The van der Waals surface area contributed by atoms with Crippen LogP contribution in [0, 0.1) is 19.3 Å². The molecule has 3 unspecified atom stereocenters. The Morgan fingerprint density at radius 1 is 0.545 bits per heavy atom. The van der Waals surface area contributed by atoms with Gasteiger partial charge in [0.05, 0.1) is 12.2 Å². The minimum atomic E-state index is 0.515. The summed E-state index contributed by atoms with van der Waals surface area (Å²) in [7, 11) is 0. The highest BCUT2D eigenvalue weighted by molar-refractivity contribution is 4.76.